The Bertz CT molecular complexity index is 122. The van der Waals surface area contributed by atoms with Crippen molar-refractivity contribution < 1.29 is 4.74 Å². The van der Waals surface area contributed by atoms with E-state index in [1.165, 1.54) is 32.1 Å². The maximum Gasteiger partial charge on any atom is 0.0682 e. The van der Waals surface area contributed by atoms with E-state index in [2.05, 4.69) is 6.92 Å². The van der Waals surface area contributed by atoms with Crippen molar-refractivity contribution in [2.24, 2.45) is 5.92 Å². The number of rotatable bonds is 0. The molecule has 0 unspecified atom stereocenters. The lowest BCUT2D eigenvalue weighted by Gasteiger charge is -2.46. The average Bonchev–Trinajstić information content (AvgIpc) is 1.86. The van der Waals surface area contributed by atoms with Crippen LogP contribution in [0.5, 0.6) is 0 Å². The quantitative estimate of drug-likeness (QED) is 0.552. The lowest BCUT2D eigenvalue weighted by atomic mass is 9.74. The fourth-order valence-electron chi connectivity index (χ4n) is 1.95. The summed E-state index contributed by atoms with van der Waals surface area (Å²) in [4.78, 5) is 0. The van der Waals surface area contributed by atoms with Crippen molar-refractivity contribution in [3.05, 3.63) is 0 Å². The summed E-state index contributed by atoms with van der Waals surface area (Å²) in [6, 6.07) is 0. The lowest BCUT2D eigenvalue weighted by molar-refractivity contribution is -0.142. The highest BCUT2D eigenvalue weighted by Crippen LogP contribution is 2.43. The normalized spacial score (nSPS) is 34.1. The zero-order chi connectivity index (χ0) is 7.03. The van der Waals surface area contributed by atoms with Crippen LogP contribution in [-0.4, -0.2) is 12.2 Å². The van der Waals surface area contributed by atoms with E-state index in [9.17, 15) is 0 Å². The Labute approximate surface area is 74.9 Å². The third-order valence-electron chi connectivity index (χ3n) is 3.03. The highest BCUT2D eigenvalue weighted by atomic mass is 35.5. The monoisotopic (exact) mass is 176 g/mol. The second-order valence-electron chi connectivity index (χ2n) is 3.99. The number of hydrogen-bond donors (Lipinski definition) is 0. The maximum absolute atomic E-state index is 5.81. The Kier molecular flexibility index (Phi) is 2.82. The summed E-state index contributed by atoms with van der Waals surface area (Å²) >= 11 is 0. The van der Waals surface area contributed by atoms with Gasteiger partial charge in [-0.3, -0.25) is 0 Å². The molecule has 1 nitrogen and oxygen atoms in total. The first-order chi connectivity index (χ1) is 4.81. The van der Waals surface area contributed by atoms with Gasteiger partial charge in [-0.15, -0.1) is 12.4 Å². The Hall–Kier alpha value is 0.250. The zero-order valence-corrected chi connectivity index (χ0v) is 7.95. The molecule has 66 valence electrons. The summed E-state index contributed by atoms with van der Waals surface area (Å²) in [5.41, 5.74) is 0.381. The molecule has 0 amide bonds. The zero-order valence-electron chi connectivity index (χ0n) is 7.14. The van der Waals surface area contributed by atoms with E-state index < -0.39 is 0 Å². The number of halogens is 1. The summed E-state index contributed by atoms with van der Waals surface area (Å²) in [7, 11) is 0. The molecule has 1 spiro atoms. The van der Waals surface area contributed by atoms with Gasteiger partial charge in [0, 0.05) is 6.61 Å². The van der Waals surface area contributed by atoms with Crippen LogP contribution in [-0.2, 0) is 4.74 Å². The third-order valence-corrected chi connectivity index (χ3v) is 3.03. The summed E-state index contributed by atoms with van der Waals surface area (Å²) in [5, 5.41) is 0. The Morgan fingerprint density at radius 2 is 2.00 bits per heavy atom. The number of hydrogen-bond acceptors (Lipinski definition) is 1. The molecule has 2 heteroatoms. The van der Waals surface area contributed by atoms with Gasteiger partial charge in [0.15, 0.2) is 0 Å². The van der Waals surface area contributed by atoms with Gasteiger partial charge >= 0.3 is 0 Å². The topological polar surface area (TPSA) is 9.23 Å². The minimum atomic E-state index is 0. The maximum atomic E-state index is 5.81. The molecule has 2 aliphatic rings. The SMILES string of the molecule is C[C@@H]1CCC2(CCC2)OC1.Cl. The van der Waals surface area contributed by atoms with Crippen molar-refractivity contribution in [2.45, 2.75) is 44.6 Å². The minimum Gasteiger partial charge on any atom is -0.375 e. The number of ether oxygens (including phenoxy) is 1. The molecule has 0 aromatic carbocycles. The van der Waals surface area contributed by atoms with E-state index in [1.54, 1.807) is 0 Å². The molecule has 1 aliphatic carbocycles. The first-order valence-electron chi connectivity index (χ1n) is 4.45. The van der Waals surface area contributed by atoms with E-state index in [0.717, 1.165) is 12.5 Å². The molecule has 2 rings (SSSR count). The van der Waals surface area contributed by atoms with Crippen LogP contribution in [0.4, 0.5) is 0 Å². The predicted molar refractivity (Wildman–Crippen MR) is 48.2 cm³/mol. The van der Waals surface area contributed by atoms with Crippen molar-refractivity contribution in [3.8, 4) is 0 Å². The van der Waals surface area contributed by atoms with Gasteiger partial charge in [0.05, 0.1) is 5.60 Å². The molecule has 0 bridgehead atoms. The highest BCUT2D eigenvalue weighted by molar-refractivity contribution is 5.85. The van der Waals surface area contributed by atoms with Gasteiger partial charge in [-0.2, -0.15) is 0 Å². The molecule has 0 N–H and O–H groups in total. The van der Waals surface area contributed by atoms with Gasteiger partial charge in [0.1, 0.15) is 0 Å². The molecule has 1 saturated heterocycles. The predicted octanol–water partition coefficient (Wildman–Crippen LogP) is 2.78. The lowest BCUT2D eigenvalue weighted by Crippen LogP contribution is -2.44. The second kappa shape index (κ2) is 3.32. The van der Waals surface area contributed by atoms with Crippen molar-refractivity contribution in [2.75, 3.05) is 6.61 Å². The first-order valence-corrected chi connectivity index (χ1v) is 4.45. The van der Waals surface area contributed by atoms with E-state index in [4.69, 9.17) is 4.74 Å². The Morgan fingerprint density at radius 1 is 1.27 bits per heavy atom. The molecular weight excluding hydrogens is 160 g/mol. The van der Waals surface area contributed by atoms with Gasteiger partial charge in [-0.1, -0.05) is 6.92 Å². The minimum absolute atomic E-state index is 0. The van der Waals surface area contributed by atoms with Crippen LogP contribution in [0.15, 0.2) is 0 Å². The van der Waals surface area contributed by atoms with Crippen molar-refractivity contribution >= 4 is 12.4 Å². The highest BCUT2D eigenvalue weighted by Gasteiger charge is 2.40. The standard InChI is InChI=1S/C9H16O.ClH/c1-8-3-6-9(10-7-8)4-2-5-9;/h8H,2-7H2,1H3;1H/t8-;/m1./s1. The smallest absolute Gasteiger partial charge is 0.0682 e. The van der Waals surface area contributed by atoms with E-state index in [-0.39, 0.29) is 12.4 Å². The van der Waals surface area contributed by atoms with E-state index in [1.807, 2.05) is 0 Å². The Morgan fingerprint density at radius 3 is 2.36 bits per heavy atom. The largest absolute Gasteiger partial charge is 0.375 e. The van der Waals surface area contributed by atoms with Crippen molar-refractivity contribution in [3.63, 3.8) is 0 Å². The molecule has 0 radical (unpaired) electrons. The van der Waals surface area contributed by atoms with Crippen LogP contribution in [0.2, 0.25) is 0 Å². The third kappa shape index (κ3) is 1.70. The fourth-order valence-corrected chi connectivity index (χ4v) is 1.95. The molecule has 2 fully saturated rings. The van der Waals surface area contributed by atoms with E-state index in [0.29, 0.717) is 5.60 Å². The molecule has 0 aromatic heterocycles. The molecule has 1 heterocycles. The van der Waals surface area contributed by atoms with Crippen LogP contribution >= 0.6 is 12.4 Å². The average molecular weight is 177 g/mol. The summed E-state index contributed by atoms with van der Waals surface area (Å²) in [6.45, 7) is 3.30. The summed E-state index contributed by atoms with van der Waals surface area (Å²) < 4.78 is 5.81. The fraction of sp³-hybridized carbons (Fsp3) is 1.00. The molecule has 1 atom stereocenters. The van der Waals surface area contributed by atoms with Crippen molar-refractivity contribution in [1.82, 2.24) is 0 Å². The molecule has 0 aromatic rings. The molecular formula is C9H17ClO. The van der Waals surface area contributed by atoms with Gasteiger partial charge in [-0.25, -0.2) is 0 Å². The van der Waals surface area contributed by atoms with Crippen LogP contribution in [0, 0.1) is 5.92 Å². The van der Waals surface area contributed by atoms with E-state index >= 15 is 0 Å². The van der Waals surface area contributed by atoms with Gasteiger partial charge in [0.25, 0.3) is 0 Å². The van der Waals surface area contributed by atoms with Crippen LogP contribution in [0.1, 0.15) is 39.0 Å². The van der Waals surface area contributed by atoms with Crippen LogP contribution < -0.4 is 0 Å². The van der Waals surface area contributed by atoms with Gasteiger partial charge in [-0.05, 0) is 38.0 Å². The molecule has 11 heavy (non-hydrogen) atoms. The molecule has 1 aliphatic heterocycles. The van der Waals surface area contributed by atoms with Gasteiger partial charge < -0.3 is 4.74 Å². The first kappa shape index (κ1) is 9.34. The van der Waals surface area contributed by atoms with Crippen LogP contribution in [0.3, 0.4) is 0 Å². The van der Waals surface area contributed by atoms with Crippen LogP contribution in [0.25, 0.3) is 0 Å². The van der Waals surface area contributed by atoms with Gasteiger partial charge in [0.2, 0.25) is 0 Å². The summed E-state index contributed by atoms with van der Waals surface area (Å²) in [6.07, 6.45) is 6.78. The summed E-state index contributed by atoms with van der Waals surface area (Å²) in [5.74, 6) is 0.811. The molecule has 1 saturated carbocycles. The van der Waals surface area contributed by atoms with Crippen molar-refractivity contribution in [1.29, 1.82) is 0 Å². The second-order valence-corrected chi connectivity index (χ2v) is 3.99. The Balaban J connectivity index is 0.000000605.